The highest BCUT2D eigenvalue weighted by molar-refractivity contribution is 5.82. The molecule has 2 fully saturated rings. The summed E-state index contributed by atoms with van der Waals surface area (Å²) in [5, 5.41) is 0. The maximum Gasteiger partial charge on any atom is 0.240 e. The van der Waals surface area contributed by atoms with Gasteiger partial charge in [-0.25, -0.2) is 0 Å². The van der Waals surface area contributed by atoms with Gasteiger partial charge in [0.05, 0.1) is 19.1 Å². The van der Waals surface area contributed by atoms with Crippen LogP contribution >= 0.6 is 0 Å². The van der Waals surface area contributed by atoms with Gasteiger partial charge in [0.1, 0.15) is 0 Å². The lowest BCUT2D eigenvalue weighted by molar-refractivity contribution is -0.135. The lowest BCUT2D eigenvalue weighted by Crippen LogP contribution is -2.48. The van der Waals surface area contributed by atoms with Crippen LogP contribution in [0, 0.1) is 11.8 Å². The molecule has 1 unspecified atom stereocenters. The summed E-state index contributed by atoms with van der Waals surface area (Å²) in [6, 6.07) is 21.2. The Bertz CT molecular complexity index is 845. The minimum atomic E-state index is 0.0886. The fourth-order valence-corrected chi connectivity index (χ4v) is 4.65. The van der Waals surface area contributed by atoms with E-state index in [1.54, 1.807) is 0 Å². The van der Waals surface area contributed by atoms with Crippen molar-refractivity contribution in [3.63, 3.8) is 0 Å². The van der Waals surface area contributed by atoms with Crippen LogP contribution in [0.4, 0.5) is 0 Å². The number of hydrogen-bond donors (Lipinski definition) is 0. The Morgan fingerprint density at radius 1 is 0.806 bits per heavy atom. The van der Waals surface area contributed by atoms with Crippen molar-refractivity contribution in [2.75, 3.05) is 32.7 Å². The van der Waals surface area contributed by atoms with E-state index in [1.807, 2.05) is 4.90 Å². The predicted molar refractivity (Wildman–Crippen MR) is 125 cm³/mol. The number of nitrogens with zero attached hydrogens (tertiary/aromatic N) is 3. The van der Waals surface area contributed by atoms with E-state index in [0.717, 1.165) is 45.6 Å². The number of amides is 1. The molecule has 2 aliphatic rings. The molecule has 2 heterocycles. The maximum atomic E-state index is 13.0. The molecule has 2 aliphatic heterocycles. The summed E-state index contributed by atoms with van der Waals surface area (Å²) in [7, 11) is 0. The highest BCUT2D eigenvalue weighted by Crippen LogP contribution is 2.21. The van der Waals surface area contributed by atoms with Crippen LogP contribution in [0.2, 0.25) is 0 Å². The van der Waals surface area contributed by atoms with E-state index in [1.165, 1.54) is 24.0 Å². The third-order valence-electron chi connectivity index (χ3n) is 6.28. The van der Waals surface area contributed by atoms with Crippen molar-refractivity contribution in [1.82, 2.24) is 14.7 Å². The fraction of sp³-hybridized carbons (Fsp3) is 0.444. The molecule has 0 aliphatic carbocycles. The zero-order valence-corrected chi connectivity index (χ0v) is 18.4. The number of rotatable bonds is 6. The van der Waals surface area contributed by atoms with E-state index in [-0.39, 0.29) is 11.9 Å². The van der Waals surface area contributed by atoms with Crippen LogP contribution in [0.3, 0.4) is 0 Å². The topological polar surface area (TPSA) is 26.8 Å². The normalized spacial score (nSPS) is 19.5. The first-order valence-electron chi connectivity index (χ1n) is 11.6. The van der Waals surface area contributed by atoms with E-state index in [9.17, 15) is 4.79 Å². The summed E-state index contributed by atoms with van der Waals surface area (Å²) in [5.41, 5.74) is 2.58. The van der Waals surface area contributed by atoms with E-state index >= 15 is 0 Å². The third kappa shape index (κ3) is 6.19. The van der Waals surface area contributed by atoms with Gasteiger partial charge in [-0.15, -0.1) is 0 Å². The standard InChI is InChI=1S/C27H33N3O/c31-27-26-16-7-8-18-29(26)20-11-21-30(27)19-10-9-17-28(22-24-12-3-1-4-13-24)23-25-14-5-2-6-15-25/h1-6,12-15,26H,7-8,11,16-23H2. The Labute approximate surface area is 186 Å². The highest BCUT2D eigenvalue weighted by atomic mass is 16.2. The molecule has 2 aromatic carbocycles. The summed E-state index contributed by atoms with van der Waals surface area (Å²) in [4.78, 5) is 19.7. The highest BCUT2D eigenvalue weighted by Gasteiger charge is 2.33. The summed E-state index contributed by atoms with van der Waals surface area (Å²) in [6.45, 7) is 5.92. The summed E-state index contributed by atoms with van der Waals surface area (Å²) in [6.07, 6.45) is 4.45. The molecule has 0 saturated carbocycles. The molecule has 1 atom stereocenters. The molecule has 0 bridgehead atoms. The fourth-order valence-electron chi connectivity index (χ4n) is 4.65. The van der Waals surface area contributed by atoms with Crippen LogP contribution < -0.4 is 0 Å². The Morgan fingerprint density at radius 2 is 1.45 bits per heavy atom. The van der Waals surface area contributed by atoms with Crippen LogP contribution in [-0.4, -0.2) is 59.4 Å². The monoisotopic (exact) mass is 415 g/mol. The van der Waals surface area contributed by atoms with Gasteiger partial charge >= 0.3 is 0 Å². The molecule has 1 amide bonds. The largest absolute Gasteiger partial charge is 0.330 e. The van der Waals surface area contributed by atoms with Crippen LogP contribution in [0.15, 0.2) is 60.7 Å². The van der Waals surface area contributed by atoms with Crippen LogP contribution in [0.25, 0.3) is 0 Å². The van der Waals surface area contributed by atoms with Crippen LogP contribution in [0.5, 0.6) is 0 Å². The SMILES string of the molecule is O=C1C2CCCCN2CCCN1CC#CCN(Cc1ccccc1)Cc1ccccc1. The van der Waals surface area contributed by atoms with Crippen molar-refractivity contribution in [2.45, 2.75) is 44.8 Å². The molecular weight excluding hydrogens is 382 g/mol. The molecule has 31 heavy (non-hydrogen) atoms. The second-order valence-corrected chi connectivity index (χ2v) is 8.63. The number of carbonyl (C=O) groups is 1. The van der Waals surface area contributed by atoms with Crippen LogP contribution in [0.1, 0.15) is 36.8 Å². The van der Waals surface area contributed by atoms with Crippen molar-refractivity contribution >= 4 is 5.91 Å². The molecule has 2 saturated heterocycles. The van der Waals surface area contributed by atoms with E-state index in [4.69, 9.17) is 0 Å². The summed E-state index contributed by atoms with van der Waals surface area (Å²) >= 11 is 0. The molecule has 4 nitrogen and oxygen atoms in total. The molecular formula is C27H33N3O. The summed E-state index contributed by atoms with van der Waals surface area (Å²) < 4.78 is 0. The van der Waals surface area contributed by atoms with Gasteiger partial charge < -0.3 is 4.90 Å². The van der Waals surface area contributed by atoms with Crippen molar-refractivity contribution in [3.8, 4) is 11.8 Å². The van der Waals surface area contributed by atoms with Crippen molar-refractivity contribution in [1.29, 1.82) is 0 Å². The first-order chi connectivity index (χ1) is 15.3. The van der Waals surface area contributed by atoms with E-state index in [0.29, 0.717) is 13.1 Å². The molecule has 0 radical (unpaired) electrons. The first-order valence-corrected chi connectivity index (χ1v) is 11.6. The van der Waals surface area contributed by atoms with E-state index in [2.05, 4.69) is 82.3 Å². The average molecular weight is 416 g/mol. The van der Waals surface area contributed by atoms with Gasteiger partial charge in [-0.3, -0.25) is 14.6 Å². The Morgan fingerprint density at radius 3 is 2.13 bits per heavy atom. The van der Waals surface area contributed by atoms with Gasteiger partial charge in [0.25, 0.3) is 0 Å². The zero-order chi connectivity index (χ0) is 21.3. The van der Waals surface area contributed by atoms with Gasteiger partial charge in [0.15, 0.2) is 0 Å². The van der Waals surface area contributed by atoms with Crippen LogP contribution in [-0.2, 0) is 17.9 Å². The van der Waals surface area contributed by atoms with Crippen molar-refractivity contribution < 1.29 is 4.79 Å². The zero-order valence-electron chi connectivity index (χ0n) is 18.4. The first kappa shape index (κ1) is 21.6. The number of fused-ring (bicyclic) bond motifs is 1. The van der Waals surface area contributed by atoms with Gasteiger partial charge in [-0.05, 0) is 36.9 Å². The van der Waals surface area contributed by atoms with Gasteiger partial charge in [0.2, 0.25) is 5.91 Å². The van der Waals surface area contributed by atoms with Gasteiger partial charge in [-0.2, -0.15) is 0 Å². The smallest absolute Gasteiger partial charge is 0.240 e. The Balaban J connectivity index is 1.37. The summed E-state index contributed by atoms with van der Waals surface area (Å²) in [5.74, 6) is 6.95. The number of hydrogen-bond acceptors (Lipinski definition) is 3. The molecule has 4 rings (SSSR count). The molecule has 0 N–H and O–H groups in total. The average Bonchev–Trinajstić information content (AvgIpc) is 2.97. The Kier molecular flexibility index (Phi) is 7.76. The molecule has 162 valence electrons. The predicted octanol–water partition coefficient (Wildman–Crippen LogP) is 3.78. The molecule has 0 aromatic heterocycles. The number of benzene rings is 2. The Hall–Kier alpha value is -2.61. The van der Waals surface area contributed by atoms with Gasteiger partial charge in [-0.1, -0.05) is 78.9 Å². The number of carbonyl (C=O) groups excluding carboxylic acids is 1. The minimum absolute atomic E-state index is 0.0886. The minimum Gasteiger partial charge on any atom is -0.330 e. The number of piperidine rings is 1. The lowest BCUT2D eigenvalue weighted by Gasteiger charge is -2.33. The van der Waals surface area contributed by atoms with Crippen molar-refractivity contribution in [3.05, 3.63) is 71.8 Å². The second-order valence-electron chi connectivity index (χ2n) is 8.63. The van der Waals surface area contributed by atoms with Gasteiger partial charge in [0, 0.05) is 26.2 Å². The second kappa shape index (κ2) is 11.1. The van der Waals surface area contributed by atoms with Crippen molar-refractivity contribution in [2.24, 2.45) is 0 Å². The third-order valence-corrected chi connectivity index (χ3v) is 6.28. The van der Waals surface area contributed by atoms with E-state index < -0.39 is 0 Å². The maximum absolute atomic E-state index is 13.0. The molecule has 4 heteroatoms. The molecule has 0 spiro atoms. The quantitative estimate of drug-likeness (QED) is 0.672. The lowest BCUT2D eigenvalue weighted by atomic mass is 10.0. The molecule has 2 aromatic rings.